The van der Waals surface area contributed by atoms with Crippen molar-refractivity contribution in [2.24, 2.45) is 11.1 Å². The third kappa shape index (κ3) is 4.57. The first-order valence-electron chi connectivity index (χ1n) is 8.60. The summed E-state index contributed by atoms with van der Waals surface area (Å²) >= 11 is 0. The molecular weight excluding hydrogens is 374 g/mol. The zero-order valence-corrected chi connectivity index (χ0v) is 17.7. The molecule has 0 radical (unpaired) electrons. The summed E-state index contributed by atoms with van der Waals surface area (Å²) in [4.78, 5) is 14.7. The number of hydrogen-bond acceptors (Lipinski definition) is 4. The summed E-state index contributed by atoms with van der Waals surface area (Å²) in [6.45, 7) is 8.99. The molecule has 0 aromatic heterocycles. The number of halogens is 1. The number of carbonyl (C=O) groups is 1. The van der Waals surface area contributed by atoms with E-state index in [0.29, 0.717) is 18.7 Å². The van der Waals surface area contributed by atoms with Gasteiger partial charge in [0.25, 0.3) is 5.91 Å². The molecule has 2 N–H and O–H groups in total. The maximum atomic E-state index is 12.7. The van der Waals surface area contributed by atoms with Gasteiger partial charge in [-0.05, 0) is 49.9 Å². The number of carbonyl (C=O) groups excluding carboxylic acids is 1. The molecule has 1 atom stereocenters. The number of nitrogens with zero attached hydrogens (tertiary/aromatic N) is 2. The van der Waals surface area contributed by atoms with E-state index in [0.717, 1.165) is 6.42 Å². The first-order valence-corrected chi connectivity index (χ1v) is 10.0. The molecule has 0 aliphatic carbocycles. The van der Waals surface area contributed by atoms with Crippen LogP contribution in [0.25, 0.3) is 0 Å². The average molecular weight is 404 g/mol. The molecule has 1 aromatic rings. The summed E-state index contributed by atoms with van der Waals surface area (Å²) in [5.74, 6) is -0.0823. The minimum atomic E-state index is -3.54. The van der Waals surface area contributed by atoms with Gasteiger partial charge in [0.1, 0.15) is 0 Å². The number of sulfonamides is 1. The van der Waals surface area contributed by atoms with Crippen LogP contribution in [0.1, 0.15) is 44.5 Å². The van der Waals surface area contributed by atoms with E-state index in [1.807, 2.05) is 13.8 Å². The lowest BCUT2D eigenvalue weighted by molar-refractivity contribution is 0.0533. The molecule has 1 aromatic carbocycles. The van der Waals surface area contributed by atoms with Crippen LogP contribution in [0.2, 0.25) is 0 Å². The summed E-state index contributed by atoms with van der Waals surface area (Å²) in [7, 11) is -1.99. The molecular formula is C18H30ClN3O3S. The first kappa shape index (κ1) is 22.9. The number of hydrogen-bond donors (Lipinski definition) is 1. The van der Waals surface area contributed by atoms with E-state index in [1.54, 1.807) is 24.1 Å². The van der Waals surface area contributed by atoms with Crippen molar-refractivity contribution < 1.29 is 13.2 Å². The van der Waals surface area contributed by atoms with E-state index in [1.165, 1.54) is 16.4 Å². The van der Waals surface area contributed by atoms with Crippen LogP contribution in [0.4, 0.5) is 0 Å². The van der Waals surface area contributed by atoms with Gasteiger partial charge in [-0.25, -0.2) is 8.42 Å². The lowest BCUT2D eigenvalue weighted by Crippen LogP contribution is -2.54. The van der Waals surface area contributed by atoms with Crippen LogP contribution < -0.4 is 5.73 Å². The second-order valence-electron chi connectivity index (χ2n) is 7.75. The predicted molar refractivity (Wildman–Crippen MR) is 106 cm³/mol. The minimum absolute atomic E-state index is 0. The van der Waals surface area contributed by atoms with Crippen molar-refractivity contribution in [2.45, 2.75) is 51.1 Å². The Morgan fingerprint density at radius 2 is 1.81 bits per heavy atom. The quantitative estimate of drug-likeness (QED) is 0.836. The highest BCUT2D eigenvalue weighted by atomic mass is 35.5. The van der Waals surface area contributed by atoms with Gasteiger partial charge < -0.3 is 10.6 Å². The number of piperidine rings is 1. The van der Waals surface area contributed by atoms with E-state index < -0.39 is 10.0 Å². The molecule has 148 valence electrons. The van der Waals surface area contributed by atoms with Gasteiger partial charge in [0.15, 0.2) is 0 Å². The van der Waals surface area contributed by atoms with Crippen molar-refractivity contribution >= 4 is 28.3 Å². The minimum Gasteiger partial charge on any atom is -0.338 e. The van der Waals surface area contributed by atoms with Gasteiger partial charge in [-0.2, -0.15) is 4.31 Å². The second kappa shape index (κ2) is 8.25. The van der Waals surface area contributed by atoms with Crippen molar-refractivity contribution in [3.05, 3.63) is 29.8 Å². The van der Waals surface area contributed by atoms with E-state index in [4.69, 9.17) is 5.73 Å². The van der Waals surface area contributed by atoms with Crippen molar-refractivity contribution in [1.29, 1.82) is 0 Å². The van der Waals surface area contributed by atoms with Gasteiger partial charge in [-0.15, -0.1) is 12.4 Å². The van der Waals surface area contributed by atoms with Crippen LogP contribution in [-0.2, 0) is 10.0 Å². The van der Waals surface area contributed by atoms with Gasteiger partial charge in [0.2, 0.25) is 10.0 Å². The molecule has 1 heterocycles. The Hall–Kier alpha value is -1.15. The van der Waals surface area contributed by atoms with Gasteiger partial charge in [0.05, 0.1) is 4.90 Å². The van der Waals surface area contributed by atoms with Crippen LogP contribution in [0.15, 0.2) is 29.2 Å². The summed E-state index contributed by atoms with van der Waals surface area (Å²) in [5.41, 5.74) is 6.49. The number of amides is 1. The highest BCUT2D eigenvalue weighted by Gasteiger charge is 2.35. The largest absolute Gasteiger partial charge is 0.338 e. The third-order valence-corrected chi connectivity index (χ3v) is 7.15. The fourth-order valence-corrected chi connectivity index (χ4v) is 4.31. The van der Waals surface area contributed by atoms with Crippen LogP contribution in [0.5, 0.6) is 0 Å². The zero-order chi connectivity index (χ0) is 19.0. The Balaban J connectivity index is 0.00000338. The number of likely N-dealkylation sites (tertiary alicyclic amines) is 1. The van der Waals surface area contributed by atoms with E-state index in [9.17, 15) is 13.2 Å². The SMILES string of the molecule is CC(C)N(C)S(=O)(=O)c1ccc(C(=O)N2CCC(N)C(C)(C)C2)cc1.Cl. The standard InChI is InChI=1S/C18H29N3O3S.ClH/c1-13(2)20(5)25(23,24)15-8-6-14(7-9-15)17(22)21-11-10-16(19)18(3,4)12-21;/h6-9,13,16H,10-12,19H2,1-5H3;1H. The summed E-state index contributed by atoms with van der Waals surface area (Å²) in [5, 5.41) is 0. The Morgan fingerprint density at radius 3 is 2.27 bits per heavy atom. The Morgan fingerprint density at radius 1 is 1.27 bits per heavy atom. The molecule has 0 bridgehead atoms. The van der Waals surface area contributed by atoms with Crippen molar-refractivity contribution in [1.82, 2.24) is 9.21 Å². The molecule has 1 aliphatic rings. The molecule has 0 spiro atoms. The van der Waals surface area contributed by atoms with E-state index >= 15 is 0 Å². The molecule has 1 saturated heterocycles. The Labute approximate surface area is 163 Å². The topological polar surface area (TPSA) is 83.7 Å². The van der Waals surface area contributed by atoms with Gasteiger partial charge in [-0.3, -0.25) is 4.79 Å². The van der Waals surface area contributed by atoms with Crippen molar-refractivity contribution in [3.63, 3.8) is 0 Å². The average Bonchev–Trinajstić information content (AvgIpc) is 2.55. The summed E-state index contributed by atoms with van der Waals surface area (Å²) in [6.07, 6.45) is 0.768. The number of nitrogens with two attached hydrogens (primary N) is 1. The molecule has 6 nitrogen and oxygen atoms in total. The van der Waals surface area contributed by atoms with E-state index in [-0.39, 0.29) is 40.7 Å². The second-order valence-corrected chi connectivity index (χ2v) is 9.75. The lowest BCUT2D eigenvalue weighted by Gasteiger charge is -2.42. The lowest BCUT2D eigenvalue weighted by atomic mass is 9.79. The smallest absolute Gasteiger partial charge is 0.253 e. The van der Waals surface area contributed by atoms with Gasteiger partial charge >= 0.3 is 0 Å². The van der Waals surface area contributed by atoms with Crippen molar-refractivity contribution in [3.8, 4) is 0 Å². The van der Waals surface area contributed by atoms with Gasteiger partial charge in [-0.1, -0.05) is 13.8 Å². The summed E-state index contributed by atoms with van der Waals surface area (Å²) < 4.78 is 26.3. The highest BCUT2D eigenvalue weighted by Crippen LogP contribution is 2.28. The predicted octanol–water partition coefficient (Wildman–Crippen LogP) is 2.34. The van der Waals surface area contributed by atoms with Gasteiger partial charge in [0, 0.05) is 37.8 Å². The third-order valence-electron chi connectivity index (χ3n) is 5.10. The van der Waals surface area contributed by atoms with E-state index in [2.05, 4.69) is 13.8 Å². The van der Waals surface area contributed by atoms with Crippen LogP contribution >= 0.6 is 12.4 Å². The molecule has 1 unspecified atom stereocenters. The fraction of sp³-hybridized carbons (Fsp3) is 0.611. The molecule has 26 heavy (non-hydrogen) atoms. The number of benzene rings is 1. The molecule has 8 heteroatoms. The summed E-state index contributed by atoms with van der Waals surface area (Å²) in [6, 6.07) is 6.13. The molecule has 0 saturated carbocycles. The first-order chi connectivity index (χ1) is 11.5. The Kier molecular flexibility index (Phi) is 7.26. The maximum Gasteiger partial charge on any atom is 0.253 e. The molecule has 1 aliphatic heterocycles. The highest BCUT2D eigenvalue weighted by molar-refractivity contribution is 7.89. The molecule has 2 rings (SSSR count). The van der Waals surface area contributed by atoms with Crippen molar-refractivity contribution in [2.75, 3.05) is 20.1 Å². The Bertz CT molecular complexity index is 733. The zero-order valence-electron chi connectivity index (χ0n) is 16.1. The van der Waals surface area contributed by atoms with Crippen LogP contribution in [0, 0.1) is 5.41 Å². The molecule has 1 fully saturated rings. The van der Waals surface area contributed by atoms with Crippen LogP contribution in [-0.4, -0.2) is 55.8 Å². The maximum absolute atomic E-state index is 12.7. The normalized spacial score (nSPS) is 20.2. The van der Waals surface area contributed by atoms with Crippen LogP contribution in [0.3, 0.4) is 0 Å². The molecule has 1 amide bonds. The number of rotatable bonds is 4. The fourth-order valence-electron chi connectivity index (χ4n) is 2.94. The monoisotopic (exact) mass is 403 g/mol.